The Hall–Kier alpha value is -3.58. The Bertz CT molecular complexity index is 1380. The number of benzene rings is 3. The predicted octanol–water partition coefficient (Wildman–Crippen LogP) is 6.75. The molecule has 7 heteroatoms. The molecule has 1 aromatic heterocycles. The number of anilines is 1. The standard InChI is InChI=1S/C28H26BrNO5/c1-28(2,3)18-10-12-19(13-11-18)34-16-24(31)30-25-20-7-5-6-8-22(20)35-27(25)26(32)17-9-14-23(33-4)21(29)15-17/h5-15H,16H2,1-4H3,(H,30,31). The first kappa shape index (κ1) is 24.5. The zero-order valence-electron chi connectivity index (χ0n) is 20.0. The molecule has 0 fully saturated rings. The van der Waals surface area contributed by atoms with Gasteiger partial charge in [-0.2, -0.15) is 0 Å². The van der Waals surface area contributed by atoms with Gasteiger partial charge in [0.1, 0.15) is 17.1 Å². The Labute approximate surface area is 212 Å². The van der Waals surface area contributed by atoms with Crippen LogP contribution in [-0.4, -0.2) is 25.4 Å². The SMILES string of the molecule is COc1ccc(C(=O)c2oc3ccccc3c2NC(=O)COc2ccc(C(C)(C)C)cc2)cc1Br. The number of carbonyl (C=O) groups is 2. The van der Waals surface area contributed by atoms with E-state index < -0.39 is 5.91 Å². The van der Waals surface area contributed by atoms with E-state index in [1.807, 2.05) is 30.3 Å². The van der Waals surface area contributed by atoms with Crippen molar-refractivity contribution in [3.8, 4) is 11.5 Å². The molecule has 0 aliphatic carbocycles. The molecule has 0 unspecified atom stereocenters. The van der Waals surface area contributed by atoms with Crippen LogP contribution in [0.3, 0.4) is 0 Å². The third-order valence-electron chi connectivity index (χ3n) is 5.57. The van der Waals surface area contributed by atoms with E-state index in [0.29, 0.717) is 38.2 Å². The van der Waals surface area contributed by atoms with Crippen LogP contribution in [0.4, 0.5) is 5.69 Å². The van der Waals surface area contributed by atoms with Gasteiger partial charge in [0.15, 0.2) is 12.4 Å². The molecule has 1 N–H and O–H groups in total. The van der Waals surface area contributed by atoms with Crippen LogP contribution in [0.5, 0.6) is 11.5 Å². The van der Waals surface area contributed by atoms with Gasteiger partial charge in [0.25, 0.3) is 5.91 Å². The fraction of sp³-hybridized carbons (Fsp3) is 0.214. The molecule has 1 amide bonds. The van der Waals surface area contributed by atoms with Gasteiger partial charge in [0.05, 0.1) is 17.3 Å². The average Bonchev–Trinajstić information content (AvgIpc) is 3.20. The van der Waals surface area contributed by atoms with Gasteiger partial charge in [-0.3, -0.25) is 9.59 Å². The highest BCUT2D eigenvalue weighted by atomic mass is 79.9. The largest absolute Gasteiger partial charge is 0.496 e. The van der Waals surface area contributed by atoms with Crippen molar-refractivity contribution in [1.82, 2.24) is 0 Å². The van der Waals surface area contributed by atoms with Crippen LogP contribution in [0.2, 0.25) is 0 Å². The summed E-state index contributed by atoms with van der Waals surface area (Å²) in [4.78, 5) is 26.1. The number of amides is 1. The normalized spacial score (nSPS) is 11.3. The molecular weight excluding hydrogens is 510 g/mol. The monoisotopic (exact) mass is 535 g/mol. The van der Waals surface area contributed by atoms with Crippen molar-refractivity contribution in [2.75, 3.05) is 19.0 Å². The van der Waals surface area contributed by atoms with Gasteiger partial charge in [-0.15, -0.1) is 0 Å². The second kappa shape index (κ2) is 9.96. The average molecular weight is 536 g/mol. The number of nitrogens with one attached hydrogen (secondary N) is 1. The number of halogens is 1. The lowest BCUT2D eigenvalue weighted by molar-refractivity contribution is -0.118. The second-order valence-corrected chi connectivity index (χ2v) is 9.95. The summed E-state index contributed by atoms with van der Waals surface area (Å²) in [6.07, 6.45) is 0. The molecule has 1 heterocycles. The summed E-state index contributed by atoms with van der Waals surface area (Å²) in [5.74, 6) is 0.475. The Balaban J connectivity index is 1.56. The number of methoxy groups -OCH3 is 1. The lowest BCUT2D eigenvalue weighted by atomic mass is 9.87. The van der Waals surface area contributed by atoms with Gasteiger partial charge >= 0.3 is 0 Å². The van der Waals surface area contributed by atoms with Crippen molar-refractivity contribution >= 4 is 44.3 Å². The third kappa shape index (κ3) is 5.41. The number of furan rings is 1. The van der Waals surface area contributed by atoms with Crippen LogP contribution in [0.25, 0.3) is 11.0 Å². The number of rotatable bonds is 7. The van der Waals surface area contributed by atoms with E-state index in [4.69, 9.17) is 13.9 Å². The molecule has 0 aliphatic heterocycles. The molecule has 0 radical (unpaired) electrons. The minimum Gasteiger partial charge on any atom is -0.496 e. The smallest absolute Gasteiger partial charge is 0.262 e. The molecule has 0 saturated heterocycles. The summed E-state index contributed by atoms with van der Waals surface area (Å²) in [7, 11) is 1.55. The van der Waals surface area contributed by atoms with E-state index in [1.54, 1.807) is 43.5 Å². The van der Waals surface area contributed by atoms with Crippen LogP contribution in [0.15, 0.2) is 75.6 Å². The fourth-order valence-electron chi connectivity index (χ4n) is 3.64. The Morgan fingerprint density at radius 3 is 2.37 bits per heavy atom. The van der Waals surface area contributed by atoms with Crippen LogP contribution in [-0.2, 0) is 10.2 Å². The second-order valence-electron chi connectivity index (χ2n) is 9.09. The molecular formula is C28H26BrNO5. The molecule has 6 nitrogen and oxygen atoms in total. The first-order chi connectivity index (χ1) is 16.7. The van der Waals surface area contributed by atoms with E-state index in [1.165, 1.54) is 5.56 Å². The minimum absolute atomic E-state index is 0.0284. The molecule has 0 atom stereocenters. The zero-order chi connectivity index (χ0) is 25.2. The molecule has 0 bridgehead atoms. The number of hydrogen-bond acceptors (Lipinski definition) is 5. The van der Waals surface area contributed by atoms with E-state index in [2.05, 4.69) is 42.0 Å². The van der Waals surface area contributed by atoms with Gasteiger partial charge in [-0.05, 0) is 69.4 Å². The van der Waals surface area contributed by atoms with Crippen molar-refractivity contribution in [3.63, 3.8) is 0 Å². The molecule has 0 aliphatic rings. The molecule has 4 aromatic rings. The van der Waals surface area contributed by atoms with Crippen molar-refractivity contribution in [3.05, 3.63) is 88.1 Å². The van der Waals surface area contributed by atoms with Gasteiger partial charge < -0.3 is 19.2 Å². The summed E-state index contributed by atoms with van der Waals surface area (Å²) in [5.41, 5.74) is 2.40. The molecule has 3 aromatic carbocycles. The van der Waals surface area contributed by atoms with Crippen molar-refractivity contribution < 1.29 is 23.5 Å². The summed E-state index contributed by atoms with van der Waals surface area (Å²) in [5, 5.41) is 3.44. The fourth-order valence-corrected chi connectivity index (χ4v) is 4.18. The molecule has 180 valence electrons. The first-order valence-corrected chi connectivity index (χ1v) is 11.9. The van der Waals surface area contributed by atoms with Crippen molar-refractivity contribution in [1.29, 1.82) is 0 Å². The van der Waals surface area contributed by atoms with Crippen molar-refractivity contribution in [2.45, 2.75) is 26.2 Å². The minimum atomic E-state index is -0.401. The van der Waals surface area contributed by atoms with Crippen LogP contribution in [0, 0.1) is 0 Å². The molecule has 0 saturated carbocycles. The Morgan fingerprint density at radius 1 is 1.00 bits per heavy atom. The maximum Gasteiger partial charge on any atom is 0.262 e. The van der Waals surface area contributed by atoms with Crippen LogP contribution in [0.1, 0.15) is 42.5 Å². The summed E-state index contributed by atoms with van der Waals surface area (Å²) in [6, 6.07) is 19.8. The zero-order valence-corrected chi connectivity index (χ0v) is 21.6. The first-order valence-electron chi connectivity index (χ1n) is 11.1. The number of carbonyl (C=O) groups excluding carboxylic acids is 2. The number of ether oxygens (including phenoxy) is 2. The molecule has 4 rings (SSSR count). The summed E-state index contributed by atoms with van der Waals surface area (Å²) < 4.78 is 17.4. The maximum absolute atomic E-state index is 13.3. The number of para-hydroxylation sites is 1. The third-order valence-corrected chi connectivity index (χ3v) is 6.19. The highest BCUT2D eigenvalue weighted by molar-refractivity contribution is 9.10. The number of hydrogen-bond donors (Lipinski definition) is 1. The highest BCUT2D eigenvalue weighted by Crippen LogP contribution is 2.34. The summed E-state index contributed by atoms with van der Waals surface area (Å²) >= 11 is 3.41. The molecule has 0 spiro atoms. The van der Waals surface area contributed by atoms with Gasteiger partial charge in [-0.1, -0.05) is 45.0 Å². The van der Waals surface area contributed by atoms with E-state index in [-0.39, 0.29) is 23.6 Å². The Morgan fingerprint density at radius 2 is 1.71 bits per heavy atom. The van der Waals surface area contributed by atoms with Crippen molar-refractivity contribution in [2.24, 2.45) is 0 Å². The van der Waals surface area contributed by atoms with Gasteiger partial charge in [0, 0.05) is 10.9 Å². The number of ketones is 1. The topological polar surface area (TPSA) is 77.8 Å². The lowest BCUT2D eigenvalue weighted by Gasteiger charge is -2.19. The van der Waals surface area contributed by atoms with E-state index in [0.717, 1.165) is 0 Å². The van der Waals surface area contributed by atoms with Crippen LogP contribution >= 0.6 is 15.9 Å². The van der Waals surface area contributed by atoms with E-state index >= 15 is 0 Å². The lowest BCUT2D eigenvalue weighted by Crippen LogP contribution is -2.21. The Kier molecular flexibility index (Phi) is 6.98. The quantitative estimate of drug-likeness (QED) is 0.265. The van der Waals surface area contributed by atoms with E-state index in [9.17, 15) is 9.59 Å². The summed E-state index contributed by atoms with van der Waals surface area (Å²) in [6.45, 7) is 6.19. The predicted molar refractivity (Wildman–Crippen MR) is 140 cm³/mol. The molecule has 35 heavy (non-hydrogen) atoms. The maximum atomic E-state index is 13.3. The van der Waals surface area contributed by atoms with Gasteiger partial charge in [0.2, 0.25) is 5.78 Å². The van der Waals surface area contributed by atoms with Crippen LogP contribution < -0.4 is 14.8 Å². The number of fused-ring (bicyclic) bond motifs is 1. The highest BCUT2D eigenvalue weighted by Gasteiger charge is 2.24. The van der Waals surface area contributed by atoms with Gasteiger partial charge in [-0.25, -0.2) is 0 Å².